The van der Waals surface area contributed by atoms with Gasteiger partial charge >= 0.3 is 12.1 Å². The molecule has 170 valence electrons. The first-order valence-corrected chi connectivity index (χ1v) is 10.1. The topological polar surface area (TPSA) is 109 Å². The number of hydrogen-bond donors (Lipinski definition) is 0. The van der Waals surface area contributed by atoms with Gasteiger partial charge in [-0.1, -0.05) is 12.1 Å². The van der Waals surface area contributed by atoms with Crippen LogP contribution in [-0.2, 0) is 13.6 Å². The van der Waals surface area contributed by atoms with Crippen molar-refractivity contribution in [2.24, 2.45) is 7.05 Å². The zero-order chi connectivity index (χ0) is 23.8. The smallest absolute Gasteiger partial charge is 0.331 e. The van der Waals surface area contributed by atoms with Gasteiger partial charge in [-0.2, -0.15) is 8.78 Å². The third kappa shape index (κ3) is 3.76. The van der Waals surface area contributed by atoms with E-state index in [2.05, 4.69) is 20.2 Å². The van der Waals surface area contributed by atoms with Crippen LogP contribution in [-0.4, -0.2) is 29.3 Å². The summed E-state index contributed by atoms with van der Waals surface area (Å²) in [6.07, 6.45) is 1.86. The number of nitrogens with zero attached hydrogens (tertiary/aromatic N) is 6. The number of aromatic nitrogens is 6. The van der Waals surface area contributed by atoms with Crippen molar-refractivity contribution in [1.29, 1.82) is 0 Å². The Morgan fingerprint density at radius 1 is 1.00 bits per heavy atom. The van der Waals surface area contributed by atoms with Gasteiger partial charge in [0.1, 0.15) is 0 Å². The first-order chi connectivity index (χ1) is 16.4. The molecule has 9 nitrogen and oxygen atoms in total. The fourth-order valence-corrected chi connectivity index (χ4v) is 3.60. The molecule has 0 amide bonds. The highest BCUT2D eigenvalue weighted by Gasteiger charge is 2.18. The van der Waals surface area contributed by atoms with Crippen molar-refractivity contribution in [3.63, 3.8) is 0 Å². The maximum atomic E-state index is 13.1. The molecular weight excluding hydrogens is 446 g/mol. The third-order valence-electron chi connectivity index (χ3n) is 5.37. The molecule has 0 aliphatic heterocycles. The first-order valence-electron chi connectivity index (χ1n) is 10.1. The number of benzene rings is 1. The molecular formula is C23H16F2N6O3. The quantitative estimate of drug-likeness (QED) is 0.395. The molecule has 0 aliphatic carbocycles. The van der Waals surface area contributed by atoms with Crippen LogP contribution in [0.4, 0.5) is 8.78 Å². The molecule has 0 radical (unpaired) electrons. The second-order valence-corrected chi connectivity index (χ2v) is 7.49. The highest BCUT2D eigenvalue weighted by molar-refractivity contribution is 5.83. The minimum Gasteiger partial charge on any atom is -0.415 e. The summed E-state index contributed by atoms with van der Waals surface area (Å²) in [6.45, 7) is -0.0712. The van der Waals surface area contributed by atoms with Gasteiger partial charge < -0.3 is 4.42 Å². The van der Waals surface area contributed by atoms with E-state index in [1.165, 1.54) is 10.8 Å². The summed E-state index contributed by atoms with van der Waals surface area (Å²) in [6, 6.07) is 12.1. The van der Waals surface area contributed by atoms with Crippen molar-refractivity contribution < 1.29 is 13.2 Å². The van der Waals surface area contributed by atoms with E-state index in [1.807, 2.05) is 12.1 Å². The summed E-state index contributed by atoms with van der Waals surface area (Å²) < 4.78 is 32.7. The van der Waals surface area contributed by atoms with Crippen molar-refractivity contribution in [1.82, 2.24) is 29.3 Å². The van der Waals surface area contributed by atoms with Crippen LogP contribution in [0.1, 0.15) is 18.0 Å². The van der Waals surface area contributed by atoms with Gasteiger partial charge in [-0.3, -0.25) is 23.9 Å². The summed E-state index contributed by atoms with van der Waals surface area (Å²) in [4.78, 5) is 34.4. The molecule has 11 heteroatoms. The lowest BCUT2D eigenvalue weighted by Crippen LogP contribution is -2.39. The van der Waals surface area contributed by atoms with Crippen molar-refractivity contribution in [3.8, 4) is 22.6 Å². The molecule has 4 heterocycles. The number of halogens is 2. The van der Waals surface area contributed by atoms with Gasteiger partial charge in [0.15, 0.2) is 0 Å². The Hall–Kier alpha value is -4.54. The van der Waals surface area contributed by atoms with Crippen LogP contribution in [0.5, 0.6) is 0 Å². The molecule has 0 saturated heterocycles. The normalized spacial score (nSPS) is 11.4. The SMILES string of the molecule is Cn1c(=O)n(Cc2ccc(-c3nnc(C(F)F)o3)cn2)c(=O)c2ccc(-c3cccnc3)cc21. The lowest BCUT2D eigenvalue weighted by atomic mass is 10.1. The van der Waals surface area contributed by atoms with Crippen LogP contribution in [0.2, 0.25) is 0 Å². The second kappa shape index (κ2) is 8.43. The molecule has 0 spiro atoms. The van der Waals surface area contributed by atoms with Crippen molar-refractivity contribution in [2.45, 2.75) is 13.0 Å². The van der Waals surface area contributed by atoms with E-state index in [4.69, 9.17) is 4.42 Å². The fraction of sp³-hybridized carbons (Fsp3) is 0.130. The standard InChI is InChI=1S/C23H16F2N6O3/c1-30-18-9-13(14-3-2-8-26-10-14)5-7-17(18)22(32)31(23(30)33)12-16-6-4-15(11-27-16)20-28-29-21(34-20)19(24)25/h2-11,19H,12H2,1H3. The zero-order valence-corrected chi connectivity index (χ0v) is 17.7. The Balaban J connectivity index is 1.49. The van der Waals surface area contributed by atoms with Crippen LogP contribution >= 0.6 is 0 Å². The van der Waals surface area contributed by atoms with Crippen molar-refractivity contribution in [2.75, 3.05) is 0 Å². The molecule has 0 fully saturated rings. The number of fused-ring (bicyclic) bond motifs is 1. The van der Waals surface area contributed by atoms with E-state index in [0.717, 1.165) is 15.7 Å². The second-order valence-electron chi connectivity index (χ2n) is 7.49. The molecule has 5 aromatic rings. The van der Waals surface area contributed by atoms with Crippen molar-refractivity contribution in [3.05, 3.63) is 93.5 Å². The third-order valence-corrected chi connectivity index (χ3v) is 5.37. The molecule has 0 N–H and O–H groups in total. The zero-order valence-electron chi connectivity index (χ0n) is 17.7. The first kappa shape index (κ1) is 21.3. The Morgan fingerprint density at radius 3 is 2.50 bits per heavy atom. The highest BCUT2D eigenvalue weighted by atomic mass is 19.3. The van der Waals surface area contributed by atoms with Gasteiger partial charge in [0, 0.05) is 31.2 Å². The van der Waals surface area contributed by atoms with Gasteiger partial charge in [0.25, 0.3) is 11.4 Å². The molecule has 5 rings (SSSR count). The summed E-state index contributed by atoms with van der Waals surface area (Å²) >= 11 is 0. The monoisotopic (exact) mass is 462 g/mol. The van der Waals surface area contributed by atoms with E-state index >= 15 is 0 Å². The molecule has 0 aliphatic rings. The number of pyridine rings is 2. The maximum absolute atomic E-state index is 13.1. The summed E-state index contributed by atoms with van der Waals surface area (Å²) in [5.41, 5.74) is 2.02. The number of hydrogen-bond acceptors (Lipinski definition) is 7. The molecule has 34 heavy (non-hydrogen) atoms. The molecule has 4 aromatic heterocycles. The summed E-state index contributed by atoms with van der Waals surface area (Å²) in [5, 5.41) is 7.24. The fourth-order valence-electron chi connectivity index (χ4n) is 3.60. The number of alkyl halides is 2. The van der Waals surface area contributed by atoms with Gasteiger partial charge in [0.2, 0.25) is 5.89 Å². The van der Waals surface area contributed by atoms with E-state index in [9.17, 15) is 18.4 Å². The molecule has 1 aromatic carbocycles. The van der Waals surface area contributed by atoms with Crippen LogP contribution in [0.25, 0.3) is 33.5 Å². The highest BCUT2D eigenvalue weighted by Crippen LogP contribution is 2.23. The maximum Gasteiger partial charge on any atom is 0.331 e. The van der Waals surface area contributed by atoms with Gasteiger partial charge in [-0.05, 0) is 35.9 Å². The minimum absolute atomic E-state index is 0.0712. The van der Waals surface area contributed by atoms with Gasteiger partial charge in [0.05, 0.1) is 28.7 Å². The van der Waals surface area contributed by atoms with E-state index in [0.29, 0.717) is 22.2 Å². The Morgan fingerprint density at radius 2 is 1.82 bits per heavy atom. The summed E-state index contributed by atoms with van der Waals surface area (Å²) in [5.74, 6) is -0.880. The Bertz CT molecular complexity index is 1610. The minimum atomic E-state index is -2.87. The predicted octanol–water partition coefficient (Wildman–Crippen LogP) is 3.19. The van der Waals surface area contributed by atoms with Crippen LogP contribution < -0.4 is 11.2 Å². The van der Waals surface area contributed by atoms with Crippen molar-refractivity contribution >= 4 is 10.9 Å². The average Bonchev–Trinajstić information content (AvgIpc) is 3.37. The lowest BCUT2D eigenvalue weighted by Gasteiger charge is -2.12. The van der Waals surface area contributed by atoms with E-state index < -0.39 is 23.6 Å². The van der Waals surface area contributed by atoms with E-state index in [-0.39, 0.29) is 12.4 Å². The van der Waals surface area contributed by atoms with E-state index in [1.54, 1.807) is 49.8 Å². The van der Waals surface area contributed by atoms with Gasteiger partial charge in [-0.15, -0.1) is 10.2 Å². The summed E-state index contributed by atoms with van der Waals surface area (Å²) in [7, 11) is 1.60. The molecule has 0 unspecified atom stereocenters. The Kier molecular flexibility index (Phi) is 5.28. The average molecular weight is 462 g/mol. The number of aryl methyl sites for hydroxylation is 1. The molecule has 0 bridgehead atoms. The lowest BCUT2D eigenvalue weighted by molar-refractivity contribution is 0.116. The molecule has 0 saturated carbocycles. The van der Waals surface area contributed by atoms with Gasteiger partial charge in [-0.25, -0.2) is 4.79 Å². The number of rotatable bonds is 5. The predicted molar refractivity (Wildman–Crippen MR) is 118 cm³/mol. The van der Waals surface area contributed by atoms with Crippen LogP contribution in [0, 0.1) is 0 Å². The molecule has 0 atom stereocenters. The van der Waals surface area contributed by atoms with Crippen LogP contribution in [0.15, 0.2) is 75.1 Å². The largest absolute Gasteiger partial charge is 0.415 e. The Labute approximate surface area is 190 Å². The van der Waals surface area contributed by atoms with Crippen LogP contribution in [0.3, 0.4) is 0 Å².